The number of nitrogens with one attached hydrogen (secondary N) is 1. The lowest BCUT2D eigenvalue weighted by molar-refractivity contribution is -0.116. The van der Waals surface area contributed by atoms with E-state index < -0.39 is 0 Å². The molecule has 0 atom stereocenters. The molecule has 0 bridgehead atoms. The molecule has 1 aromatic carbocycles. The Hall–Kier alpha value is -2.40. The third kappa shape index (κ3) is 5.54. The van der Waals surface area contributed by atoms with Crippen molar-refractivity contribution in [1.82, 2.24) is 4.98 Å². The molecule has 2 rings (SSSR count). The topological polar surface area (TPSA) is 60.5 Å². The molecule has 1 N–H and O–H groups in total. The summed E-state index contributed by atoms with van der Waals surface area (Å²) in [5, 5.41) is 2.85. The van der Waals surface area contributed by atoms with Crippen molar-refractivity contribution < 1.29 is 14.3 Å². The molecule has 0 aliphatic carbocycles. The number of anilines is 1. The lowest BCUT2D eigenvalue weighted by Crippen LogP contribution is -2.12. The molecule has 1 aromatic heterocycles. The molecule has 0 radical (unpaired) electrons. The Balaban J connectivity index is 1.85. The number of methoxy groups -OCH3 is 1. The van der Waals surface area contributed by atoms with Crippen LogP contribution < -0.4 is 10.1 Å². The molecular weight excluding hydrogens is 280 g/mol. The number of pyridine rings is 1. The van der Waals surface area contributed by atoms with Crippen LogP contribution in [0.5, 0.6) is 5.75 Å². The number of aromatic nitrogens is 1. The maximum atomic E-state index is 11.8. The fourth-order valence-electron chi connectivity index (χ4n) is 1.91. The van der Waals surface area contributed by atoms with Gasteiger partial charge in [0, 0.05) is 49.8 Å². The summed E-state index contributed by atoms with van der Waals surface area (Å²) in [4.78, 5) is 15.8. The summed E-state index contributed by atoms with van der Waals surface area (Å²) >= 11 is 0. The number of nitrogens with zero attached hydrogens (tertiary/aromatic N) is 1. The Morgan fingerprint density at radius 3 is 2.95 bits per heavy atom. The van der Waals surface area contributed by atoms with Gasteiger partial charge in [-0.25, -0.2) is 0 Å². The molecule has 22 heavy (non-hydrogen) atoms. The minimum absolute atomic E-state index is 0.0264. The van der Waals surface area contributed by atoms with Gasteiger partial charge in [-0.1, -0.05) is 12.1 Å². The number of hydrogen-bond donors (Lipinski definition) is 1. The smallest absolute Gasteiger partial charge is 0.224 e. The van der Waals surface area contributed by atoms with Crippen LogP contribution in [-0.2, 0) is 16.1 Å². The number of benzene rings is 1. The van der Waals surface area contributed by atoms with Crippen LogP contribution in [0.3, 0.4) is 0 Å². The molecule has 0 aliphatic heterocycles. The normalized spacial score (nSPS) is 10.2. The van der Waals surface area contributed by atoms with E-state index >= 15 is 0 Å². The average molecular weight is 300 g/mol. The fourth-order valence-corrected chi connectivity index (χ4v) is 1.91. The number of rotatable bonds is 8. The molecule has 5 nitrogen and oxygen atoms in total. The predicted octanol–water partition coefficient (Wildman–Crippen LogP) is 3.03. The van der Waals surface area contributed by atoms with E-state index in [9.17, 15) is 4.79 Å². The Bertz CT molecular complexity index is 587. The molecule has 0 spiro atoms. The Kier molecular flexibility index (Phi) is 6.39. The summed E-state index contributed by atoms with van der Waals surface area (Å²) in [6.45, 7) is 1.03. The molecule has 0 unspecified atom stereocenters. The van der Waals surface area contributed by atoms with Crippen LogP contribution in [-0.4, -0.2) is 24.6 Å². The predicted molar refractivity (Wildman–Crippen MR) is 84.8 cm³/mol. The summed E-state index contributed by atoms with van der Waals surface area (Å²) in [5.74, 6) is 0.681. The van der Waals surface area contributed by atoms with Crippen molar-refractivity contribution in [3.63, 3.8) is 0 Å². The van der Waals surface area contributed by atoms with Crippen LogP contribution >= 0.6 is 0 Å². The third-order valence-electron chi connectivity index (χ3n) is 3.00. The quantitative estimate of drug-likeness (QED) is 0.761. The Morgan fingerprint density at radius 2 is 2.18 bits per heavy atom. The first-order chi connectivity index (χ1) is 10.8. The lowest BCUT2D eigenvalue weighted by atomic mass is 10.2. The molecular formula is C17H20N2O3. The standard InChI is InChI=1S/C17H20N2O3/c1-21-10-4-8-17(20)19-15-6-2-7-16(11-15)22-13-14-5-3-9-18-12-14/h2-3,5-7,9,11-12H,4,8,10,13H2,1H3,(H,19,20). The van der Waals surface area contributed by atoms with Crippen LogP contribution in [0.1, 0.15) is 18.4 Å². The average Bonchev–Trinajstić information content (AvgIpc) is 2.54. The first kappa shape index (κ1) is 16.0. The van der Waals surface area contributed by atoms with E-state index in [1.54, 1.807) is 19.5 Å². The minimum Gasteiger partial charge on any atom is -0.489 e. The molecule has 1 heterocycles. The van der Waals surface area contributed by atoms with Crippen LogP contribution in [0.4, 0.5) is 5.69 Å². The number of amides is 1. The van der Waals surface area contributed by atoms with Gasteiger partial charge in [-0.05, 0) is 24.6 Å². The molecule has 0 saturated heterocycles. The summed E-state index contributed by atoms with van der Waals surface area (Å²) in [6.07, 6.45) is 4.64. The molecule has 0 saturated carbocycles. The second-order valence-electron chi connectivity index (χ2n) is 4.82. The highest BCUT2D eigenvalue weighted by Gasteiger charge is 2.03. The molecule has 1 amide bonds. The number of carbonyl (C=O) groups excluding carboxylic acids is 1. The third-order valence-corrected chi connectivity index (χ3v) is 3.00. The van der Waals surface area contributed by atoms with Crippen molar-refractivity contribution in [2.45, 2.75) is 19.4 Å². The monoisotopic (exact) mass is 300 g/mol. The van der Waals surface area contributed by atoms with Gasteiger partial charge in [0.25, 0.3) is 0 Å². The van der Waals surface area contributed by atoms with Gasteiger partial charge in [-0.3, -0.25) is 9.78 Å². The van der Waals surface area contributed by atoms with Crippen LogP contribution in [0.25, 0.3) is 0 Å². The van der Waals surface area contributed by atoms with E-state index in [0.29, 0.717) is 31.8 Å². The van der Waals surface area contributed by atoms with E-state index in [1.165, 1.54) is 0 Å². The molecule has 2 aromatic rings. The SMILES string of the molecule is COCCCC(=O)Nc1cccc(OCc2cccnc2)c1. The number of ether oxygens (including phenoxy) is 2. The molecule has 5 heteroatoms. The van der Waals surface area contributed by atoms with Gasteiger partial charge in [0.1, 0.15) is 12.4 Å². The fraction of sp³-hybridized carbons (Fsp3) is 0.294. The van der Waals surface area contributed by atoms with Crippen LogP contribution in [0, 0.1) is 0 Å². The van der Waals surface area contributed by atoms with Gasteiger partial charge in [-0.2, -0.15) is 0 Å². The highest BCUT2D eigenvalue weighted by molar-refractivity contribution is 5.90. The van der Waals surface area contributed by atoms with Gasteiger partial charge in [0.15, 0.2) is 0 Å². The van der Waals surface area contributed by atoms with Crippen molar-refractivity contribution in [2.24, 2.45) is 0 Å². The van der Waals surface area contributed by atoms with E-state index in [0.717, 1.165) is 11.3 Å². The summed E-state index contributed by atoms with van der Waals surface area (Å²) in [7, 11) is 1.63. The van der Waals surface area contributed by atoms with Crippen molar-refractivity contribution in [3.05, 3.63) is 54.4 Å². The van der Waals surface area contributed by atoms with Crippen molar-refractivity contribution in [2.75, 3.05) is 19.0 Å². The van der Waals surface area contributed by atoms with E-state index in [-0.39, 0.29) is 5.91 Å². The summed E-state index contributed by atoms with van der Waals surface area (Å²) < 4.78 is 10.6. The van der Waals surface area contributed by atoms with Gasteiger partial charge >= 0.3 is 0 Å². The summed E-state index contributed by atoms with van der Waals surface area (Å²) in [6, 6.07) is 11.2. The van der Waals surface area contributed by atoms with Gasteiger partial charge < -0.3 is 14.8 Å². The maximum absolute atomic E-state index is 11.8. The van der Waals surface area contributed by atoms with Gasteiger partial charge in [0.05, 0.1) is 0 Å². The lowest BCUT2D eigenvalue weighted by Gasteiger charge is -2.09. The zero-order valence-electron chi connectivity index (χ0n) is 12.6. The zero-order valence-corrected chi connectivity index (χ0v) is 12.6. The first-order valence-electron chi connectivity index (χ1n) is 7.18. The van der Waals surface area contributed by atoms with Crippen molar-refractivity contribution >= 4 is 11.6 Å². The maximum Gasteiger partial charge on any atom is 0.224 e. The van der Waals surface area contributed by atoms with E-state index in [2.05, 4.69) is 10.3 Å². The second-order valence-corrected chi connectivity index (χ2v) is 4.82. The molecule has 0 fully saturated rings. The van der Waals surface area contributed by atoms with E-state index in [4.69, 9.17) is 9.47 Å². The zero-order chi connectivity index (χ0) is 15.6. The molecule has 0 aliphatic rings. The number of hydrogen-bond acceptors (Lipinski definition) is 4. The summed E-state index contributed by atoms with van der Waals surface area (Å²) in [5.41, 5.74) is 1.72. The van der Waals surface area contributed by atoms with Crippen molar-refractivity contribution in [1.29, 1.82) is 0 Å². The van der Waals surface area contributed by atoms with Gasteiger partial charge in [0.2, 0.25) is 5.91 Å². The highest BCUT2D eigenvalue weighted by Crippen LogP contribution is 2.18. The van der Waals surface area contributed by atoms with Gasteiger partial charge in [-0.15, -0.1) is 0 Å². The first-order valence-corrected chi connectivity index (χ1v) is 7.18. The molecule has 116 valence electrons. The van der Waals surface area contributed by atoms with Crippen LogP contribution in [0.2, 0.25) is 0 Å². The largest absolute Gasteiger partial charge is 0.489 e. The van der Waals surface area contributed by atoms with Crippen LogP contribution in [0.15, 0.2) is 48.8 Å². The number of carbonyl (C=O) groups is 1. The minimum atomic E-state index is -0.0264. The van der Waals surface area contributed by atoms with Crippen molar-refractivity contribution in [3.8, 4) is 5.75 Å². The van der Waals surface area contributed by atoms with E-state index in [1.807, 2.05) is 36.4 Å². The Labute approximate surface area is 130 Å². The highest BCUT2D eigenvalue weighted by atomic mass is 16.5. The second kappa shape index (κ2) is 8.79. The Morgan fingerprint density at radius 1 is 1.27 bits per heavy atom.